The van der Waals surface area contributed by atoms with Crippen LogP contribution in [0.5, 0.6) is 0 Å². The average molecular weight is 340 g/mol. The minimum absolute atomic E-state index is 0.360. The second-order valence-electron chi connectivity index (χ2n) is 6.69. The van der Waals surface area contributed by atoms with Crippen LogP contribution in [-0.4, -0.2) is 42.1 Å². The Bertz CT molecular complexity index is 749. The summed E-state index contributed by atoms with van der Waals surface area (Å²) in [5, 5.41) is 3.41. The number of benzene rings is 1. The zero-order chi connectivity index (χ0) is 17.3. The number of rotatable bonds is 3. The molecule has 132 valence electrons. The molecule has 2 aliphatic rings. The van der Waals surface area contributed by atoms with E-state index in [4.69, 9.17) is 9.47 Å². The molecule has 4 rings (SSSR count). The number of aromatic nitrogens is 2. The Labute approximate surface area is 148 Å². The lowest BCUT2D eigenvalue weighted by molar-refractivity contribution is -0.169. The number of anilines is 3. The van der Waals surface area contributed by atoms with Gasteiger partial charge in [-0.25, -0.2) is 9.97 Å². The molecule has 2 saturated heterocycles. The fourth-order valence-electron chi connectivity index (χ4n) is 3.49. The van der Waals surface area contributed by atoms with Gasteiger partial charge in [-0.15, -0.1) is 0 Å². The molecule has 0 radical (unpaired) electrons. The van der Waals surface area contributed by atoms with E-state index in [-0.39, 0.29) is 5.79 Å². The summed E-state index contributed by atoms with van der Waals surface area (Å²) in [6.07, 6.45) is 1.74. The van der Waals surface area contributed by atoms with Crippen molar-refractivity contribution in [2.24, 2.45) is 0 Å². The van der Waals surface area contributed by atoms with Gasteiger partial charge in [0.2, 0.25) is 0 Å². The summed E-state index contributed by atoms with van der Waals surface area (Å²) in [6, 6.07) is 10.2. The highest BCUT2D eigenvalue weighted by atomic mass is 16.7. The predicted octanol–water partition coefficient (Wildman–Crippen LogP) is 3.18. The third kappa shape index (κ3) is 3.45. The topological polar surface area (TPSA) is 59.5 Å². The molecule has 6 heteroatoms. The van der Waals surface area contributed by atoms with Crippen molar-refractivity contribution >= 4 is 17.3 Å². The van der Waals surface area contributed by atoms with Gasteiger partial charge < -0.3 is 19.7 Å². The molecule has 25 heavy (non-hydrogen) atoms. The summed E-state index contributed by atoms with van der Waals surface area (Å²) in [7, 11) is 0. The van der Waals surface area contributed by atoms with Gasteiger partial charge in [0.1, 0.15) is 17.5 Å². The molecule has 0 atom stereocenters. The first-order valence-corrected chi connectivity index (χ1v) is 8.85. The number of ether oxygens (including phenoxy) is 2. The zero-order valence-electron chi connectivity index (χ0n) is 14.8. The van der Waals surface area contributed by atoms with Gasteiger partial charge >= 0.3 is 0 Å². The summed E-state index contributed by atoms with van der Waals surface area (Å²) < 4.78 is 11.6. The SMILES string of the molecule is Cc1nc(Nc2ccccc2C)cc(N2CCC3(CC2)OCCO3)n1. The van der Waals surface area contributed by atoms with E-state index in [1.54, 1.807) is 0 Å². The Balaban J connectivity index is 1.51. The molecule has 6 nitrogen and oxygen atoms in total. The van der Waals surface area contributed by atoms with Crippen LogP contribution in [0.15, 0.2) is 30.3 Å². The molecule has 0 amide bonds. The molecule has 3 heterocycles. The summed E-state index contributed by atoms with van der Waals surface area (Å²) in [5.74, 6) is 2.19. The van der Waals surface area contributed by atoms with Gasteiger partial charge in [-0.1, -0.05) is 18.2 Å². The van der Waals surface area contributed by atoms with Crippen LogP contribution in [0, 0.1) is 13.8 Å². The van der Waals surface area contributed by atoms with Gasteiger partial charge in [0, 0.05) is 37.7 Å². The molecular weight excluding hydrogens is 316 g/mol. The summed E-state index contributed by atoms with van der Waals surface area (Å²) in [5.41, 5.74) is 2.26. The van der Waals surface area contributed by atoms with Gasteiger partial charge in [-0.3, -0.25) is 0 Å². The van der Waals surface area contributed by atoms with Crippen molar-refractivity contribution in [1.29, 1.82) is 0 Å². The Hall–Kier alpha value is -2.18. The predicted molar refractivity (Wildman–Crippen MR) is 97.3 cm³/mol. The quantitative estimate of drug-likeness (QED) is 0.926. The lowest BCUT2D eigenvalue weighted by Crippen LogP contribution is -2.45. The summed E-state index contributed by atoms with van der Waals surface area (Å²) >= 11 is 0. The average Bonchev–Trinajstić information content (AvgIpc) is 3.05. The molecule has 1 spiro atoms. The number of hydrogen-bond donors (Lipinski definition) is 1. The maximum Gasteiger partial charge on any atom is 0.171 e. The van der Waals surface area contributed by atoms with Crippen LogP contribution in [0.25, 0.3) is 0 Å². The number of para-hydroxylation sites is 1. The number of hydrogen-bond acceptors (Lipinski definition) is 6. The Morgan fingerprint density at radius 2 is 1.76 bits per heavy atom. The Morgan fingerprint density at radius 3 is 2.48 bits per heavy atom. The highest BCUT2D eigenvalue weighted by Crippen LogP contribution is 2.33. The van der Waals surface area contributed by atoms with E-state index in [9.17, 15) is 0 Å². The molecule has 1 aromatic heterocycles. The van der Waals surface area contributed by atoms with Crippen molar-refractivity contribution in [3.8, 4) is 0 Å². The van der Waals surface area contributed by atoms with Crippen molar-refractivity contribution in [2.75, 3.05) is 36.5 Å². The summed E-state index contributed by atoms with van der Waals surface area (Å²) in [6.45, 7) is 7.18. The molecule has 0 aliphatic carbocycles. The van der Waals surface area contributed by atoms with Gasteiger partial charge in [-0.05, 0) is 25.5 Å². The van der Waals surface area contributed by atoms with Crippen molar-refractivity contribution < 1.29 is 9.47 Å². The second-order valence-corrected chi connectivity index (χ2v) is 6.69. The molecular formula is C19H24N4O2. The molecule has 0 saturated carbocycles. The van der Waals surface area contributed by atoms with E-state index in [1.165, 1.54) is 5.56 Å². The van der Waals surface area contributed by atoms with Crippen LogP contribution >= 0.6 is 0 Å². The number of aryl methyl sites for hydroxylation is 2. The minimum Gasteiger partial charge on any atom is -0.356 e. The van der Waals surface area contributed by atoms with Crippen molar-refractivity contribution in [3.63, 3.8) is 0 Å². The van der Waals surface area contributed by atoms with Crippen molar-refractivity contribution in [2.45, 2.75) is 32.5 Å². The molecule has 2 fully saturated rings. The van der Waals surface area contributed by atoms with Gasteiger partial charge in [-0.2, -0.15) is 0 Å². The van der Waals surface area contributed by atoms with Crippen LogP contribution < -0.4 is 10.2 Å². The first kappa shape index (κ1) is 16.3. The third-order valence-electron chi connectivity index (χ3n) is 4.90. The van der Waals surface area contributed by atoms with E-state index in [0.29, 0.717) is 13.2 Å². The highest BCUT2D eigenvalue weighted by Gasteiger charge is 2.40. The summed E-state index contributed by atoms with van der Waals surface area (Å²) in [4.78, 5) is 11.5. The molecule has 2 aliphatic heterocycles. The monoisotopic (exact) mass is 340 g/mol. The first-order chi connectivity index (χ1) is 12.1. The largest absolute Gasteiger partial charge is 0.356 e. The number of piperidine rings is 1. The lowest BCUT2D eigenvalue weighted by Gasteiger charge is -2.38. The van der Waals surface area contributed by atoms with Crippen molar-refractivity contribution in [3.05, 3.63) is 41.7 Å². The van der Waals surface area contributed by atoms with Crippen molar-refractivity contribution in [1.82, 2.24) is 9.97 Å². The number of nitrogens with one attached hydrogen (secondary N) is 1. The van der Waals surface area contributed by atoms with Crippen LogP contribution in [0.3, 0.4) is 0 Å². The standard InChI is InChI=1S/C19H24N4O2/c1-14-5-3-4-6-16(14)22-17-13-18(21-15(2)20-17)23-9-7-19(8-10-23)24-11-12-25-19/h3-6,13H,7-12H2,1-2H3,(H,20,21,22). The van der Waals surface area contributed by atoms with E-state index in [0.717, 1.165) is 49.1 Å². The minimum atomic E-state index is -0.360. The first-order valence-electron chi connectivity index (χ1n) is 8.85. The smallest absolute Gasteiger partial charge is 0.171 e. The Kier molecular flexibility index (Phi) is 4.31. The number of nitrogens with zero attached hydrogens (tertiary/aromatic N) is 3. The molecule has 2 aromatic rings. The van der Waals surface area contributed by atoms with Crippen LogP contribution in [-0.2, 0) is 9.47 Å². The van der Waals surface area contributed by atoms with Gasteiger partial charge in [0.15, 0.2) is 5.79 Å². The van der Waals surface area contributed by atoms with E-state index < -0.39 is 0 Å². The van der Waals surface area contributed by atoms with Crippen LogP contribution in [0.2, 0.25) is 0 Å². The van der Waals surface area contributed by atoms with Crippen LogP contribution in [0.4, 0.5) is 17.3 Å². The van der Waals surface area contributed by atoms with Gasteiger partial charge in [0.25, 0.3) is 0 Å². The third-order valence-corrected chi connectivity index (χ3v) is 4.90. The second kappa shape index (κ2) is 6.61. The van der Waals surface area contributed by atoms with E-state index in [1.807, 2.05) is 25.1 Å². The van der Waals surface area contributed by atoms with Gasteiger partial charge in [0.05, 0.1) is 13.2 Å². The molecule has 1 aromatic carbocycles. The fraction of sp³-hybridized carbons (Fsp3) is 0.474. The Morgan fingerprint density at radius 1 is 1.04 bits per heavy atom. The van der Waals surface area contributed by atoms with Crippen LogP contribution in [0.1, 0.15) is 24.2 Å². The maximum atomic E-state index is 5.81. The zero-order valence-corrected chi connectivity index (χ0v) is 14.8. The molecule has 0 bridgehead atoms. The lowest BCUT2D eigenvalue weighted by atomic mass is 10.0. The maximum absolute atomic E-state index is 5.81. The fourth-order valence-corrected chi connectivity index (χ4v) is 3.49. The normalized spacial score (nSPS) is 19.4. The highest BCUT2D eigenvalue weighted by molar-refractivity contribution is 5.62. The van der Waals surface area contributed by atoms with E-state index in [2.05, 4.69) is 39.2 Å². The molecule has 1 N–H and O–H groups in total. The van der Waals surface area contributed by atoms with E-state index >= 15 is 0 Å². The molecule has 0 unspecified atom stereocenters.